The summed E-state index contributed by atoms with van der Waals surface area (Å²) in [5, 5.41) is 13.3. The molecule has 0 aromatic carbocycles. The number of aliphatic hydroxyl groups excluding tert-OH is 1. The third-order valence-electron chi connectivity index (χ3n) is 4.69. The quantitative estimate of drug-likeness (QED) is 0.548. The molecule has 1 aliphatic carbocycles. The molecule has 0 saturated heterocycles. The van der Waals surface area contributed by atoms with Crippen LogP contribution in [0.2, 0.25) is 0 Å². The van der Waals surface area contributed by atoms with Gasteiger partial charge in [0.2, 0.25) is 0 Å². The Kier molecular flexibility index (Phi) is 8.79. The molecule has 0 heterocycles. The molecule has 1 unspecified atom stereocenters. The highest BCUT2D eigenvalue weighted by molar-refractivity contribution is 4.92. The van der Waals surface area contributed by atoms with Crippen LogP contribution in [0, 0.1) is 0 Å². The molecule has 0 aromatic heterocycles. The van der Waals surface area contributed by atoms with Gasteiger partial charge in [0, 0.05) is 31.3 Å². The van der Waals surface area contributed by atoms with Crippen molar-refractivity contribution in [2.45, 2.75) is 76.9 Å². The number of nitrogens with one attached hydrogen (secondary N) is 1. The molecule has 0 aromatic rings. The fourth-order valence-electron chi connectivity index (χ4n) is 3.08. The third-order valence-corrected chi connectivity index (χ3v) is 4.69. The lowest BCUT2D eigenvalue weighted by Gasteiger charge is -2.33. The summed E-state index contributed by atoms with van der Waals surface area (Å²) in [5.41, 5.74) is -0.109. The van der Waals surface area contributed by atoms with Gasteiger partial charge in [-0.05, 0) is 52.0 Å². The van der Waals surface area contributed by atoms with Crippen molar-refractivity contribution in [2.24, 2.45) is 0 Å². The van der Waals surface area contributed by atoms with Gasteiger partial charge in [-0.1, -0.05) is 13.8 Å². The Bertz CT molecular complexity index is 268. The molecule has 0 aliphatic heterocycles. The predicted octanol–water partition coefficient (Wildman–Crippen LogP) is 2.41. The van der Waals surface area contributed by atoms with Gasteiger partial charge in [0.05, 0.1) is 13.2 Å². The van der Waals surface area contributed by atoms with E-state index in [0.717, 1.165) is 32.5 Å². The Labute approximate surface area is 131 Å². The molecule has 0 radical (unpaired) electrons. The van der Waals surface area contributed by atoms with Gasteiger partial charge in [0.25, 0.3) is 0 Å². The minimum atomic E-state index is -0.109. The highest BCUT2D eigenvalue weighted by Crippen LogP contribution is 2.24. The smallest absolute Gasteiger partial charge is 0.0610 e. The maximum absolute atomic E-state index is 9.67. The fraction of sp³-hybridized carbons (Fsp3) is 1.00. The van der Waals surface area contributed by atoms with Crippen molar-refractivity contribution in [3.63, 3.8) is 0 Å². The molecule has 1 aliphatic rings. The molecule has 1 atom stereocenters. The number of ether oxygens (including phenoxy) is 1. The zero-order chi connectivity index (χ0) is 15.7. The third kappa shape index (κ3) is 7.09. The SMILES string of the molecule is CCC(CC)N(CCCC(C)(CO)NC1CC1)CCOC. The zero-order valence-electron chi connectivity index (χ0n) is 14.5. The highest BCUT2D eigenvalue weighted by Gasteiger charge is 2.31. The van der Waals surface area contributed by atoms with Gasteiger partial charge in [0.1, 0.15) is 0 Å². The predicted molar refractivity (Wildman–Crippen MR) is 88.7 cm³/mol. The summed E-state index contributed by atoms with van der Waals surface area (Å²) in [6, 6.07) is 1.29. The average molecular weight is 300 g/mol. The van der Waals surface area contributed by atoms with E-state index in [4.69, 9.17) is 4.74 Å². The number of rotatable bonds is 13. The standard InChI is InChI=1S/C17H36N2O2/c1-5-16(6-2)19(12-13-21-4)11-7-10-17(3,14-20)18-15-8-9-15/h15-16,18,20H,5-14H2,1-4H3. The van der Waals surface area contributed by atoms with E-state index in [1.54, 1.807) is 7.11 Å². The fourth-order valence-corrected chi connectivity index (χ4v) is 3.08. The molecule has 0 bridgehead atoms. The lowest BCUT2D eigenvalue weighted by Crippen LogP contribution is -2.47. The summed E-state index contributed by atoms with van der Waals surface area (Å²) in [7, 11) is 1.77. The molecule has 21 heavy (non-hydrogen) atoms. The van der Waals surface area contributed by atoms with Gasteiger partial charge >= 0.3 is 0 Å². The van der Waals surface area contributed by atoms with E-state index in [1.165, 1.54) is 25.7 Å². The first kappa shape index (κ1) is 18.9. The van der Waals surface area contributed by atoms with E-state index in [-0.39, 0.29) is 12.1 Å². The number of aliphatic hydroxyl groups is 1. The van der Waals surface area contributed by atoms with Gasteiger partial charge < -0.3 is 15.2 Å². The second-order valence-corrected chi connectivity index (χ2v) is 6.74. The van der Waals surface area contributed by atoms with Crippen molar-refractivity contribution in [2.75, 3.05) is 33.4 Å². The molecule has 1 fully saturated rings. The van der Waals surface area contributed by atoms with Crippen molar-refractivity contribution in [1.29, 1.82) is 0 Å². The molecule has 1 saturated carbocycles. The van der Waals surface area contributed by atoms with Crippen LogP contribution in [0.5, 0.6) is 0 Å². The van der Waals surface area contributed by atoms with Gasteiger partial charge in [-0.2, -0.15) is 0 Å². The number of methoxy groups -OCH3 is 1. The Morgan fingerprint density at radius 1 is 1.29 bits per heavy atom. The highest BCUT2D eigenvalue weighted by atomic mass is 16.5. The monoisotopic (exact) mass is 300 g/mol. The molecule has 126 valence electrons. The molecule has 0 amide bonds. The van der Waals surface area contributed by atoms with Crippen molar-refractivity contribution in [1.82, 2.24) is 10.2 Å². The van der Waals surface area contributed by atoms with Crippen molar-refractivity contribution < 1.29 is 9.84 Å². The first-order valence-corrected chi connectivity index (χ1v) is 8.70. The Morgan fingerprint density at radius 3 is 2.43 bits per heavy atom. The summed E-state index contributed by atoms with van der Waals surface area (Å²) in [6.07, 6.45) is 7.07. The van der Waals surface area contributed by atoms with E-state index in [0.29, 0.717) is 12.1 Å². The molecule has 2 N–H and O–H groups in total. The van der Waals surface area contributed by atoms with Crippen LogP contribution in [-0.4, -0.2) is 61.0 Å². The molecular weight excluding hydrogens is 264 g/mol. The van der Waals surface area contributed by atoms with E-state index in [2.05, 4.69) is 31.0 Å². The summed E-state index contributed by atoms with van der Waals surface area (Å²) in [4.78, 5) is 2.55. The Balaban J connectivity index is 2.39. The number of nitrogens with zero attached hydrogens (tertiary/aromatic N) is 1. The van der Waals surface area contributed by atoms with E-state index < -0.39 is 0 Å². The first-order valence-electron chi connectivity index (χ1n) is 8.70. The van der Waals surface area contributed by atoms with Crippen LogP contribution in [-0.2, 0) is 4.74 Å². The second kappa shape index (κ2) is 9.78. The van der Waals surface area contributed by atoms with Gasteiger partial charge in [-0.15, -0.1) is 0 Å². The van der Waals surface area contributed by atoms with Crippen molar-refractivity contribution in [3.05, 3.63) is 0 Å². The van der Waals surface area contributed by atoms with Gasteiger partial charge in [0.15, 0.2) is 0 Å². The minimum Gasteiger partial charge on any atom is -0.394 e. The topological polar surface area (TPSA) is 44.7 Å². The number of hydrogen-bond acceptors (Lipinski definition) is 4. The Hall–Kier alpha value is -0.160. The van der Waals surface area contributed by atoms with Crippen molar-refractivity contribution >= 4 is 0 Å². The maximum Gasteiger partial charge on any atom is 0.0610 e. The Morgan fingerprint density at radius 2 is 1.95 bits per heavy atom. The van der Waals surface area contributed by atoms with E-state index in [9.17, 15) is 5.11 Å². The summed E-state index contributed by atoms with van der Waals surface area (Å²) in [5.74, 6) is 0. The average Bonchev–Trinajstić information content (AvgIpc) is 3.29. The molecule has 4 heteroatoms. The summed E-state index contributed by atoms with van der Waals surface area (Å²) < 4.78 is 5.25. The lowest BCUT2D eigenvalue weighted by molar-refractivity contribution is 0.106. The lowest BCUT2D eigenvalue weighted by atomic mass is 9.96. The number of hydrogen-bond donors (Lipinski definition) is 2. The summed E-state index contributed by atoms with van der Waals surface area (Å²) in [6.45, 7) is 9.82. The van der Waals surface area contributed by atoms with E-state index >= 15 is 0 Å². The van der Waals surface area contributed by atoms with Crippen LogP contribution in [0.4, 0.5) is 0 Å². The van der Waals surface area contributed by atoms with Crippen LogP contribution >= 0.6 is 0 Å². The normalized spacial score (nSPS) is 18.4. The largest absolute Gasteiger partial charge is 0.394 e. The van der Waals surface area contributed by atoms with Gasteiger partial charge in [-0.3, -0.25) is 4.90 Å². The van der Waals surface area contributed by atoms with E-state index in [1.807, 2.05) is 0 Å². The second-order valence-electron chi connectivity index (χ2n) is 6.74. The molecule has 4 nitrogen and oxygen atoms in total. The molecular formula is C17H36N2O2. The first-order chi connectivity index (χ1) is 10.1. The zero-order valence-corrected chi connectivity index (χ0v) is 14.5. The molecule has 0 spiro atoms. The summed E-state index contributed by atoms with van der Waals surface area (Å²) >= 11 is 0. The van der Waals surface area contributed by atoms with Crippen LogP contribution in [0.3, 0.4) is 0 Å². The van der Waals surface area contributed by atoms with Crippen LogP contribution in [0.25, 0.3) is 0 Å². The van der Waals surface area contributed by atoms with Crippen LogP contribution < -0.4 is 5.32 Å². The van der Waals surface area contributed by atoms with Crippen LogP contribution in [0.15, 0.2) is 0 Å². The van der Waals surface area contributed by atoms with Crippen LogP contribution in [0.1, 0.15) is 59.3 Å². The minimum absolute atomic E-state index is 0.109. The van der Waals surface area contributed by atoms with Gasteiger partial charge in [-0.25, -0.2) is 0 Å². The van der Waals surface area contributed by atoms with Crippen molar-refractivity contribution in [3.8, 4) is 0 Å². The molecule has 1 rings (SSSR count). The maximum atomic E-state index is 9.67.